The van der Waals surface area contributed by atoms with E-state index >= 15 is 0 Å². The lowest BCUT2D eigenvalue weighted by molar-refractivity contribution is -0.134. The molecule has 0 fully saturated rings. The molecule has 1 rings (SSSR count). The van der Waals surface area contributed by atoms with Crippen LogP contribution in [0.1, 0.15) is 12.8 Å². The van der Waals surface area contributed by atoms with E-state index < -0.39 is 34.8 Å². The first-order valence-electron chi connectivity index (χ1n) is 4.88. The van der Waals surface area contributed by atoms with E-state index in [1.54, 1.807) is 12.1 Å². The minimum Gasteiger partial charge on any atom is -0.267 e. The van der Waals surface area contributed by atoms with Gasteiger partial charge in [0.15, 0.2) is 0 Å². The number of sulfonamides is 1. The predicted octanol–water partition coefficient (Wildman–Crippen LogP) is 2.93. The average Bonchev–Trinajstić information content (AvgIpc) is 2.13. The van der Waals surface area contributed by atoms with E-state index in [0.29, 0.717) is 4.60 Å². The molecule has 0 unspecified atom stereocenters. The lowest BCUT2D eigenvalue weighted by Crippen LogP contribution is -2.19. The Hall–Kier alpha value is -0.830. The Morgan fingerprint density at radius 1 is 1.33 bits per heavy atom. The van der Waals surface area contributed by atoms with E-state index in [9.17, 15) is 21.6 Å². The zero-order valence-corrected chi connectivity index (χ0v) is 11.4. The number of halogens is 4. The molecule has 18 heavy (non-hydrogen) atoms. The summed E-state index contributed by atoms with van der Waals surface area (Å²) in [5.41, 5.74) is 0. The molecule has 0 aliphatic carbocycles. The third-order valence-corrected chi connectivity index (χ3v) is 3.64. The van der Waals surface area contributed by atoms with Gasteiger partial charge in [0, 0.05) is 6.42 Å². The molecule has 0 aliphatic heterocycles. The summed E-state index contributed by atoms with van der Waals surface area (Å²) in [4.78, 5) is 3.82. The Morgan fingerprint density at radius 3 is 2.56 bits per heavy atom. The van der Waals surface area contributed by atoms with Crippen molar-refractivity contribution in [3.8, 4) is 0 Å². The summed E-state index contributed by atoms with van der Waals surface area (Å²) in [6.07, 6.45) is -5.95. The van der Waals surface area contributed by atoms with Crippen LogP contribution in [0.15, 0.2) is 22.8 Å². The molecule has 0 atom stereocenters. The van der Waals surface area contributed by atoms with Crippen molar-refractivity contribution >= 4 is 31.8 Å². The van der Waals surface area contributed by atoms with Gasteiger partial charge in [-0.15, -0.1) is 0 Å². The van der Waals surface area contributed by atoms with Gasteiger partial charge in [0.05, 0.1) is 5.75 Å². The lowest BCUT2D eigenvalue weighted by atomic mass is 10.3. The summed E-state index contributed by atoms with van der Waals surface area (Å²) in [5, 5.41) is 0. The summed E-state index contributed by atoms with van der Waals surface area (Å²) in [6, 6.07) is 4.57. The number of aromatic nitrogens is 1. The highest BCUT2D eigenvalue weighted by Crippen LogP contribution is 2.21. The summed E-state index contributed by atoms with van der Waals surface area (Å²) in [5.74, 6) is -0.530. The molecule has 4 nitrogen and oxygen atoms in total. The van der Waals surface area contributed by atoms with Gasteiger partial charge in [-0.25, -0.2) is 13.4 Å². The van der Waals surface area contributed by atoms with Gasteiger partial charge >= 0.3 is 6.18 Å². The molecule has 0 spiro atoms. The molecule has 0 saturated carbocycles. The van der Waals surface area contributed by atoms with Gasteiger partial charge in [0.1, 0.15) is 10.4 Å². The van der Waals surface area contributed by atoms with Gasteiger partial charge in [-0.2, -0.15) is 13.2 Å². The number of rotatable bonds is 5. The van der Waals surface area contributed by atoms with Crippen molar-refractivity contribution in [2.45, 2.75) is 19.0 Å². The Bertz CT molecular complexity index is 505. The smallest absolute Gasteiger partial charge is 0.267 e. The maximum absolute atomic E-state index is 11.9. The molecule has 0 radical (unpaired) electrons. The number of hydrogen-bond acceptors (Lipinski definition) is 3. The molecule has 0 amide bonds. The van der Waals surface area contributed by atoms with Crippen LogP contribution in [-0.2, 0) is 10.0 Å². The summed E-state index contributed by atoms with van der Waals surface area (Å²) in [7, 11) is -3.81. The maximum atomic E-state index is 11.9. The molecular weight excluding hydrogens is 337 g/mol. The lowest BCUT2D eigenvalue weighted by Gasteiger charge is -2.08. The van der Waals surface area contributed by atoms with Crippen LogP contribution in [0.5, 0.6) is 0 Å². The quantitative estimate of drug-likeness (QED) is 0.834. The first-order valence-corrected chi connectivity index (χ1v) is 7.32. The summed E-state index contributed by atoms with van der Waals surface area (Å²) in [6.45, 7) is 0. The Kier molecular flexibility index (Phi) is 4.97. The van der Waals surface area contributed by atoms with Crippen LogP contribution in [-0.4, -0.2) is 25.3 Å². The summed E-state index contributed by atoms with van der Waals surface area (Å²) >= 11 is 3.05. The zero-order chi connectivity index (χ0) is 13.8. The molecule has 1 aromatic heterocycles. The highest BCUT2D eigenvalue weighted by molar-refractivity contribution is 9.10. The number of nitrogens with zero attached hydrogens (tertiary/aromatic N) is 1. The standard InChI is InChI=1S/C9H10BrF3N2O2S/c10-7-3-1-4-8(14-7)15-18(16,17)6-2-5-9(11,12)13/h1,3-4H,2,5-6H2,(H,14,15). The number of pyridine rings is 1. The van der Waals surface area contributed by atoms with Gasteiger partial charge in [-0.1, -0.05) is 6.07 Å². The highest BCUT2D eigenvalue weighted by Gasteiger charge is 2.27. The molecule has 1 heterocycles. The van der Waals surface area contributed by atoms with E-state index in [-0.39, 0.29) is 5.82 Å². The second-order valence-corrected chi connectivity index (χ2v) is 6.14. The molecule has 9 heteroatoms. The highest BCUT2D eigenvalue weighted by atomic mass is 79.9. The Morgan fingerprint density at radius 2 is 2.00 bits per heavy atom. The van der Waals surface area contributed by atoms with E-state index in [0.717, 1.165) is 0 Å². The largest absolute Gasteiger partial charge is 0.389 e. The molecule has 1 N–H and O–H groups in total. The van der Waals surface area contributed by atoms with Gasteiger partial charge in [0.25, 0.3) is 0 Å². The fraction of sp³-hybridized carbons (Fsp3) is 0.444. The first-order chi connectivity index (χ1) is 8.18. The minimum atomic E-state index is -4.34. The van der Waals surface area contributed by atoms with Gasteiger partial charge in [0.2, 0.25) is 10.0 Å². The van der Waals surface area contributed by atoms with Crippen molar-refractivity contribution in [2.75, 3.05) is 10.5 Å². The van der Waals surface area contributed by atoms with Crippen LogP contribution >= 0.6 is 15.9 Å². The molecular formula is C9H10BrF3N2O2S. The third kappa shape index (κ3) is 6.20. The fourth-order valence-corrected chi connectivity index (χ4v) is 2.54. The second kappa shape index (κ2) is 5.87. The monoisotopic (exact) mass is 346 g/mol. The van der Waals surface area contributed by atoms with Crippen molar-refractivity contribution in [2.24, 2.45) is 0 Å². The van der Waals surface area contributed by atoms with E-state index in [1.807, 2.05) is 0 Å². The molecule has 0 aliphatic rings. The van der Waals surface area contributed by atoms with E-state index in [1.165, 1.54) is 6.07 Å². The second-order valence-electron chi connectivity index (χ2n) is 3.49. The number of nitrogens with one attached hydrogen (secondary N) is 1. The van der Waals surface area contributed by atoms with Gasteiger partial charge < -0.3 is 0 Å². The van der Waals surface area contributed by atoms with Crippen LogP contribution < -0.4 is 4.72 Å². The number of hydrogen-bond donors (Lipinski definition) is 1. The van der Waals surface area contributed by atoms with Crippen LogP contribution in [0.3, 0.4) is 0 Å². The molecule has 102 valence electrons. The van der Waals surface area contributed by atoms with E-state index in [2.05, 4.69) is 25.6 Å². The summed E-state index contributed by atoms with van der Waals surface area (Å²) < 4.78 is 61.1. The van der Waals surface area contributed by atoms with Gasteiger partial charge in [-0.3, -0.25) is 4.72 Å². The molecule has 1 aromatic rings. The van der Waals surface area contributed by atoms with Crippen molar-refractivity contribution in [3.63, 3.8) is 0 Å². The molecule has 0 aromatic carbocycles. The Balaban J connectivity index is 2.55. The minimum absolute atomic E-state index is 0.0661. The normalized spacial score (nSPS) is 12.4. The molecule has 0 saturated heterocycles. The van der Waals surface area contributed by atoms with Crippen LogP contribution in [0.25, 0.3) is 0 Å². The van der Waals surface area contributed by atoms with Gasteiger partial charge in [-0.05, 0) is 34.5 Å². The van der Waals surface area contributed by atoms with Crippen LogP contribution in [0.4, 0.5) is 19.0 Å². The maximum Gasteiger partial charge on any atom is 0.389 e. The predicted molar refractivity (Wildman–Crippen MR) is 64.6 cm³/mol. The average molecular weight is 347 g/mol. The Labute approximate surface area is 111 Å². The third-order valence-electron chi connectivity index (χ3n) is 1.85. The molecule has 0 bridgehead atoms. The first kappa shape index (κ1) is 15.2. The number of alkyl halides is 3. The van der Waals surface area contributed by atoms with Crippen molar-refractivity contribution < 1.29 is 21.6 Å². The van der Waals surface area contributed by atoms with Crippen molar-refractivity contribution in [1.82, 2.24) is 4.98 Å². The van der Waals surface area contributed by atoms with E-state index in [4.69, 9.17) is 0 Å². The zero-order valence-electron chi connectivity index (χ0n) is 9.04. The fourth-order valence-electron chi connectivity index (χ4n) is 1.14. The van der Waals surface area contributed by atoms with Crippen LogP contribution in [0, 0.1) is 0 Å². The van der Waals surface area contributed by atoms with Crippen molar-refractivity contribution in [3.05, 3.63) is 22.8 Å². The van der Waals surface area contributed by atoms with Crippen LogP contribution in [0.2, 0.25) is 0 Å². The topological polar surface area (TPSA) is 59.1 Å². The van der Waals surface area contributed by atoms with Crippen molar-refractivity contribution in [1.29, 1.82) is 0 Å². The number of anilines is 1. The SMILES string of the molecule is O=S(=O)(CCCC(F)(F)F)Nc1cccc(Br)n1.